The van der Waals surface area contributed by atoms with Crippen LogP contribution in [0, 0.1) is 5.92 Å². The minimum Gasteiger partial charge on any atom is -0.352 e. The van der Waals surface area contributed by atoms with Crippen LogP contribution in [0.15, 0.2) is 36.5 Å². The Bertz CT molecular complexity index is 275. The number of rotatable bonds is 8. The molecule has 2 nitrogen and oxygen atoms in total. The molecule has 0 spiro atoms. The van der Waals surface area contributed by atoms with Crippen molar-refractivity contribution in [2.75, 3.05) is 6.54 Å². The summed E-state index contributed by atoms with van der Waals surface area (Å²) in [5.74, 6) is 0.475. The molecule has 0 aromatic carbocycles. The third-order valence-electron chi connectivity index (χ3n) is 2.08. The van der Waals surface area contributed by atoms with Gasteiger partial charge in [-0.25, -0.2) is 0 Å². The van der Waals surface area contributed by atoms with E-state index >= 15 is 0 Å². The largest absolute Gasteiger partial charge is 0.352 e. The summed E-state index contributed by atoms with van der Waals surface area (Å²) in [6.45, 7) is 7.01. The fourth-order valence-electron chi connectivity index (χ4n) is 1.16. The van der Waals surface area contributed by atoms with Gasteiger partial charge in [0.15, 0.2) is 0 Å². The lowest BCUT2D eigenvalue weighted by atomic mass is 10.2. The highest BCUT2D eigenvalue weighted by atomic mass is 16.1. The number of hydrogen-bond acceptors (Lipinski definition) is 1. The van der Waals surface area contributed by atoms with E-state index in [0.29, 0.717) is 5.92 Å². The highest BCUT2D eigenvalue weighted by Gasteiger charge is 1.95. The molecule has 0 aromatic heterocycles. The third kappa shape index (κ3) is 12.6. The standard InChI is InChI=1S/C15H25NO/c1-4-5-6-7-8-9-10-11-12-15(17)16-13-14(2)3/h5-6,9-12,14H,4,7-8,13H2,1-3H3,(H,16,17)/b6-5-,10-9+,12-11+. The zero-order valence-corrected chi connectivity index (χ0v) is 11.3. The Labute approximate surface area is 105 Å². The van der Waals surface area contributed by atoms with Crippen LogP contribution in [0.25, 0.3) is 0 Å². The molecule has 1 N–H and O–H groups in total. The van der Waals surface area contributed by atoms with Crippen LogP contribution in [-0.2, 0) is 4.79 Å². The van der Waals surface area contributed by atoms with Gasteiger partial charge in [-0.3, -0.25) is 4.79 Å². The van der Waals surface area contributed by atoms with Crippen LogP contribution >= 0.6 is 0 Å². The van der Waals surface area contributed by atoms with Gasteiger partial charge in [-0.15, -0.1) is 0 Å². The van der Waals surface area contributed by atoms with E-state index in [4.69, 9.17) is 0 Å². The van der Waals surface area contributed by atoms with E-state index in [1.807, 2.05) is 6.08 Å². The molecule has 0 aliphatic heterocycles. The molecule has 96 valence electrons. The Kier molecular flexibility index (Phi) is 10.3. The third-order valence-corrected chi connectivity index (χ3v) is 2.08. The average molecular weight is 235 g/mol. The second-order valence-electron chi connectivity index (χ2n) is 4.38. The molecule has 0 aliphatic rings. The molecule has 0 atom stereocenters. The van der Waals surface area contributed by atoms with Gasteiger partial charge in [0.1, 0.15) is 0 Å². The van der Waals surface area contributed by atoms with Gasteiger partial charge in [0.05, 0.1) is 0 Å². The molecule has 0 saturated heterocycles. The number of nitrogens with one attached hydrogen (secondary N) is 1. The smallest absolute Gasteiger partial charge is 0.243 e. The molecule has 0 radical (unpaired) electrons. The quantitative estimate of drug-likeness (QED) is 0.296. The molecule has 0 heterocycles. The average Bonchev–Trinajstić information content (AvgIpc) is 2.30. The summed E-state index contributed by atoms with van der Waals surface area (Å²) in [4.78, 5) is 11.3. The number of unbranched alkanes of at least 4 members (excludes halogenated alkanes) is 1. The van der Waals surface area contributed by atoms with Gasteiger partial charge in [0, 0.05) is 12.6 Å². The first-order valence-electron chi connectivity index (χ1n) is 6.42. The number of hydrogen-bond donors (Lipinski definition) is 1. The van der Waals surface area contributed by atoms with Crippen molar-refractivity contribution in [1.82, 2.24) is 5.32 Å². The van der Waals surface area contributed by atoms with Gasteiger partial charge in [0.25, 0.3) is 0 Å². The first-order chi connectivity index (χ1) is 8.16. The minimum atomic E-state index is -0.0192. The van der Waals surface area contributed by atoms with E-state index in [9.17, 15) is 4.79 Å². The normalized spacial score (nSPS) is 12.2. The predicted octanol–water partition coefficient (Wildman–Crippen LogP) is 3.62. The zero-order chi connectivity index (χ0) is 12.9. The molecular weight excluding hydrogens is 210 g/mol. The maximum absolute atomic E-state index is 11.3. The second-order valence-corrected chi connectivity index (χ2v) is 4.38. The van der Waals surface area contributed by atoms with E-state index in [-0.39, 0.29) is 5.91 Å². The van der Waals surface area contributed by atoms with Crippen LogP contribution in [-0.4, -0.2) is 12.5 Å². The molecule has 0 unspecified atom stereocenters. The van der Waals surface area contributed by atoms with Crippen LogP contribution in [0.1, 0.15) is 40.0 Å². The molecule has 0 rings (SSSR count). The summed E-state index contributed by atoms with van der Waals surface area (Å²) in [6.07, 6.45) is 14.9. The first-order valence-corrected chi connectivity index (χ1v) is 6.42. The first kappa shape index (κ1) is 15.7. The van der Waals surface area contributed by atoms with Gasteiger partial charge in [0.2, 0.25) is 5.91 Å². The molecule has 1 amide bonds. The van der Waals surface area contributed by atoms with E-state index in [2.05, 4.69) is 44.3 Å². The summed E-state index contributed by atoms with van der Waals surface area (Å²) in [7, 11) is 0. The molecule has 0 aliphatic carbocycles. The fraction of sp³-hybridized carbons (Fsp3) is 0.533. The summed E-state index contributed by atoms with van der Waals surface area (Å²) in [5, 5.41) is 2.83. The van der Waals surface area contributed by atoms with Crippen molar-refractivity contribution in [3.05, 3.63) is 36.5 Å². The number of carbonyl (C=O) groups is 1. The second kappa shape index (κ2) is 11.2. The Balaban J connectivity index is 3.60. The van der Waals surface area contributed by atoms with Crippen LogP contribution in [0.2, 0.25) is 0 Å². The van der Waals surface area contributed by atoms with Crippen molar-refractivity contribution < 1.29 is 4.79 Å². The molecule has 0 saturated carbocycles. The molecule has 17 heavy (non-hydrogen) atoms. The Morgan fingerprint density at radius 3 is 2.47 bits per heavy atom. The topological polar surface area (TPSA) is 29.1 Å². The zero-order valence-electron chi connectivity index (χ0n) is 11.3. The maximum Gasteiger partial charge on any atom is 0.243 e. The van der Waals surface area contributed by atoms with E-state index < -0.39 is 0 Å². The molecule has 0 aromatic rings. The van der Waals surface area contributed by atoms with Crippen LogP contribution in [0.4, 0.5) is 0 Å². The lowest BCUT2D eigenvalue weighted by Crippen LogP contribution is -2.25. The number of allylic oxidation sites excluding steroid dienone is 5. The van der Waals surface area contributed by atoms with Gasteiger partial charge < -0.3 is 5.32 Å². The lowest BCUT2D eigenvalue weighted by Gasteiger charge is -2.03. The van der Waals surface area contributed by atoms with Gasteiger partial charge in [-0.2, -0.15) is 0 Å². The van der Waals surface area contributed by atoms with Gasteiger partial charge in [-0.1, -0.05) is 51.2 Å². The van der Waals surface area contributed by atoms with E-state index in [0.717, 1.165) is 25.8 Å². The van der Waals surface area contributed by atoms with Gasteiger partial charge in [-0.05, 0) is 25.2 Å². The highest BCUT2D eigenvalue weighted by molar-refractivity contribution is 5.87. The highest BCUT2D eigenvalue weighted by Crippen LogP contribution is 1.94. The number of carbonyl (C=O) groups excluding carboxylic acids is 1. The van der Waals surface area contributed by atoms with E-state index in [1.54, 1.807) is 12.2 Å². The minimum absolute atomic E-state index is 0.0192. The van der Waals surface area contributed by atoms with Crippen molar-refractivity contribution in [2.24, 2.45) is 5.92 Å². The van der Waals surface area contributed by atoms with Crippen LogP contribution in [0.3, 0.4) is 0 Å². The SMILES string of the molecule is CC/C=C\CC/C=C/C=C/C(=O)NCC(C)C. The monoisotopic (exact) mass is 235 g/mol. The Hall–Kier alpha value is -1.31. The van der Waals surface area contributed by atoms with Crippen LogP contribution in [0.5, 0.6) is 0 Å². The predicted molar refractivity (Wildman–Crippen MR) is 74.8 cm³/mol. The van der Waals surface area contributed by atoms with Crippen LogP contribution < -0.4 is 5.32 Å². The molecule has 2 heteroatoms. The molecule has 0 fully saturated rings. The van der Waals surface area contributed by atoms with Crippen molar-refractivity contribution in [3.8, 4) is 0 Å². The number of amides is 1. The lowest BCUT2D eigenvalue weighted by molar-refractivity contribution is -0.116. The fourth-order valence-corrected chi connectivity index (χ4v) is 1.16. The van der Waals surface area contributed by atoms with Crippen molar-refractivity contribution in [2.45, 2.75) is 40.0 Å². The summed E-state index contributed by atoms with van der Waals surface area (Å²) in [6, 6.07) is 0. The van der Waals surface area contributed by atoms with Crippen molar-refractivity contribution in [3.63, 3.8) is 0 Å². The van der Waals surface area contributed by atoms with Crippen molar-refractivity contribution in [1.29, 1.82) is 0 Å². The van der Waals surface area contributed by atoms with Crippen molar-refractivity contribution >= 4 is 5.91 Å². The van der Waals surface area contributed by atoms with Gasteiger partial charge >= 0.3 is 0 Å². The summed E-state index contributed by atoms with van der Waals surface area (Å²) < 4.78 is 0. The maximum atomic E-state index is 11.3. The van der Waals surface area contributed by atoms with E-state index in [1.165, 1.54) is 0 Å². The molecule has 0 bridgehead atoms. The summed E-state index contributed by atoms with van der Waals surface area (Å²) in [5.41, 5.74) is 0. The Morgan fingerprint density at radius 2 is 1.82 bits per heavy atom. The Morgan fingerprint density at radius 1 is 1.12 bits per heavy atom. The molecular formula is C15H25NO. The summed E-state index contributed by atoms with van der Waals surface area (Å²) >= 11 is 0.